The molecule has 2 rings (SSSR count). The Hall–Kier alpha value is -2.33. The number of quaternary nitrogens is 1. The van der Waals surface area contributed by atoms with E-state index < -0.39 is 5.92 Å². The van der Waals surface area contributed by atoms with E-state index >= 15 is 0 Å². The van der Waals surface area contributed by atoms with Crippen LogP contribution in [0.5, 0.6) is 5.75 Å². The van der Waals surface area contributed by atoms with Crippen LogP contribution < -0.4 is 9.64 Å². The SMILES string of the molecule is CCCOc1ccc([C@@H](C(=O)OCC[NH+](CC)CC)c2ccccc2)cc1. The van der Waals surface area contributed by atoms with E-state index in [4.69, 9.17) is 9.47 Å². The summed E-state index contributed by atoms with van der Waals surface area (Å²) >= 11 is 0. The minimum atomic E-state index is -0.418. The van der Waals surface area contributed by atoms with E-state index in [1.165, 1.54) is 4.90 Å². The van der Waals surface area contributed by atoms with Gasteiger partial charge in [0.2, 0.25) is 0 Å². The van der Waals surface area contributed by atoms with Gasteiger partial charge in [-0.25, -0.2) is 0 Å². The molecule has 0 spiro atoms. The van der Waals surface area contributed by atoms with E-state index in [0.29, 0.717) is 13.2 Å². The number of nitrogens with one attached hydrogen (secondary N) is 1. The molecule has 0 aliphatic rings. The number of esters is 1. The highest BCUT2D eigenvalue weighted by Gasteiger charge is 2.24. The topological polar surface area (TPSA) is 40.0 Å². The first kappa shape index (κ1) is 21.0. The van der Waals surface area contributed by atoms with E-state index in [1.807, 2.05) is 54.6 Å². The summed E-state index contributed by atoms with van der Waals surface area (Å²) < 4.78 is 11.3. The molecule has 0 aromatic heterocycles. The molecule has 146 valence electrons. The Bertz CT molecular complexity index is 666. The summed E-state index contributed by atoms with van der Waals surface area (Å²) in [5.41, 5.74) is 1.87. The van der Waals surface area contributed by atoms with Crippen molar-refractivity contribution in [3.63, 3.8) is 0 Å². The highest BCUT2D eigenvalue weighted by Crippen LogP contribution is 2.27. The number of likely N-dealkylation sites (N-methyl/N-ethyl adjacent to an activating group) is 1. The number of rotatable bonds is 11. The van der Waals surface area contributed by atoms with Gasteiger partial charge >= 0.3 is 5.97 Å². The average molecular weight is 371 g/mol. The summed E-state index contributed by atoms with van der Waals surface area (Å²) in [7, 11) is 0. The van der Waals surface area contributed by atoms with E-state index in [9.17, 15) is 4.79 Å². The molecule has 1 N–H and O–H groups in total. The maximum Gasteiger partial charge on any atom is 0.318 e. The number of benzene rings is 2. The lowest BCUT2D eigenvalue weighted by Gasteiger charge is -2.19. The van der Waals surface area contributed by atoms with Crippen LogP contribution in [0.3, 0.4) is 0 Å². The maximum absolute atomic E-state index is 12.9. The van der Waals surface area contributed by atoms with Crippen molar-refractivity contribution in [1.82, 2.24) is 0 Å². The summed E-state index contributed by atoms with van der Waals surface area (Å²) in [6, 6.07) is 17.6. The van der Waals surface area contributed by atoms with E-state index in [2.05, 4.69) is 20.8 Å². The van der Waals surface area contributed by atoms with Crippen LogP contribution in [0.25, 0.3) is 0 Å². The third-order valence-corrected chi connectivity index (χ3v) is 4.75. The van der Waals surface area contributed by atoms with E-state index in [-0.39, 0.29) is 5.97 Å². The van der Waals surface area contributed by atoms with Gasteiger partial charge in [-0.1, -0.05) is 49.4 Å². The molecular weight excluding hydrogens is 338 g/mol. The molecule has 0 radical (unpaired) electrons. The minimum Gasteiger partial charge on any atom is -0.494 e. The molecule has 27 heavy (non-hydrogen) atoms. The zero-order chi connectivity index (χ0) is 19.5. The largest absolute Gasteiger partial charge is 0.494 e. The summed E-state index contributed by atoms with van der Waals surface area (Å²) in [5.74, 6) is 0.207. The third kappa shape index (κ3) is 6.40. The molecule has 1 atom stereocenters. The highest BCUT2D eigenvalue weighted by molar-refractivity contribution is 5.82. The van der Waals surface area contributed by atoms with Gasteiger partial charge in [0.05, 0.1) is 19.7 Å². The number of hydrogen-bond donors (Lipinski definition) is 1. The second kappa shape index (κ2) is 11.4. The lowest BCUT2D eigenvalue weighted by molar-refractivity contribution is -0.896. The standard InChI is InChI=1S/C23H31NO3/c1-4-17-26-21-14-12-20(13-15-21)22(19-10-8-7-9-11-19)23(25)27-18-16-24(5-2)6-3/h7-15,22H,4-6,16-18H2,1-3H3/p+1/t22-/m0/s1. The van der Waals surface area contributed by atoms with Gasteiger partial charge in [0.15, 0.2) is 0 Å². The minimum absolute atomic E-state index is 0.199. The highest BCUT2D eigenvalue weighted by atomic mass is 16.5. The van der Waals surface area contributed by atoms with E-state index in [1.54, 1.807) is 0 Å². The molecule has 0 aliphatic carbocycles. The van der Waals surface area contributed by atoms with Crippen LogP contribution in [0.15, 0.2) is 54.6 Å². The molecule has 0 bridgehead atoms. The molecule has 0 heterocycles. The normalized spacial score (nSPS) is 12.0. The van der Waals surface area contributed by atoms with Crippen LogP contribution >= 0.6 is 0 Å². The predicted octanol–water partition coefficient (Wildman–Crippen LogP) is 3.08. The Labute approximate surface area is 163 Å². The Balaban J connectivity index is 2.13. The monoisotopic (exact) mass is 370 g/mol. The van der Waals surface area contributed by atoms with Crippen LogP contribution in [0.4, 0.5) is 0 Å². The lowest BCUT2D eigenvalue weighted by Crippen LogP contribution is -3.11. The van der Waals surface area contributed by atoms with Crippen molar-refractivity contribution in [3.05, 3.63) is 65.7 Å². The Morgan fingerprint density at radius 1 is 0.889 bits per heavy atom. The molecule has 0 fully saturated rings. The first-order valence-electron chi connectivity index (χ1n) is 9.97. The second-order valence-electron chi connectivity index (χ2n) is 6.64. The molecule has 0 saturated carbocycles. The quantitative estimate of drug-likeness (QED) is 0.618. The van der Waals surface area contributed by atoms with Crippen molar-refractivity contribution in [1.29, 1.82) is 0 Å². The zero-order valence-electron chi connectivity index (χ0n) is 16.7. The van der Waals surface area contributed by atoms with Crippen LogP contribution in [0.2, 0.25) is 0 Å². The summed E-state index contributed by atoms with van der Waals surface area (Å²) in [6.07, 6.45) is 0.968. The summed E-state index contributed by atoms with van der Waals surface area (Å²) in [4.78, 5) is 14.3. The van der Waals surface area contributed by atoms with Crippen molar-refractivity contribution in [3.8, 4) is 5.75 Å². The number of ether oxygens (including phenoxy) is 2. The number of carbonyl (C=O) groups excluding carboxylic acids is 1. The molecule has 0 unspecified atom stereocenters. The van der Waals surface area contributed by atoms with Crippen molar-refractivity contribution in [2.24, 2.45) is 0 Å². The van der Waals surface area contributed by atoms with E-state index in [0.717, 1.165) is 42.9 Å². The zero-order valence-corrected chi connectivity index (χ0v) is 16.7. The molecule has 0 aliphatic heterocycles. The second-order valence-corrected chi connectivity index (χ2v) is 6.64. The van der Waals surface area contributed by atoms with Gasteiger partial charge in [0, 0.05) is 0 Å². The average Bonchev–Trinajstić information content (AvgIpc) is 2.71. The molecule has 4 nitrogen and oxygen atoms in total. The van der Waals surface area contributed by atoms with Crippen molar-refractivity contribution in [2.75, 3.05) is 32.8 Å². The Kier molecular flexibility index (Phi) is 8.85. The maximum atomic E-state index is 12.9. The Morgan fingerprint density at radius 3 is 2.11 bits per heavy atom. The van der Waals surface area contributed by atoms with Crippen LogP contribution in [0.1, 0.15) is 44.2 Å². The first-order chi connectivity index (χ1) is 13.2. The fraction of sp³-hybridized carbons (Fsp3) is 0.435. The van der Waals surface area contributed by atoms with Crippen molar-refractivity contribution < 1.29 is 19.2 Å². The molecular formula is C23H32NO3+. The predicted molar refractivity (Wildman–Crippen MR) is 108 cm³/mol. The number of hydrogen-bond acceptors (Lipinski definition) is 3. The van der Waals surface area contributed by atoms with Gasteiger partial charge in [0.1, 0.15) is 24.8 Å². The summed E-state index contributed by atoms with van der Waals surface area (Å²) in [6.45, 7) is 10.4. The van der Waals surface area contributed by atoms with Gasteiger partial charge in [-0.3, -0.25) is 4.79 Å². The van der Waals surface area contributed by atoms with Gasteiger partial charge < -0.3 is 14.4 Å². The first-order valence-corrected chi connectivity index (χ1v) is 9.97. The van der Waals surface area contributed by atoms with Gasteiger partial charge in [-0.15, -0.1) is 0 Å². The fourth-order valence-electron chi connectivity index (χ4n) is 3.07. The third-order valence-electron chi connectivity index (χ3n) is 4.75. The van der Waals surface area contributed by atoms with Crippen LogP contribution in [-0.4, -0.2) is 38.8 Å². The number of carbonyl (C=O) groups is 1. The molecule has 2 aromatic rings. The van der Waals surface area contributed by atoms with Gasteiger partial charge in [-0.2, -0.15) is 0 Å². The Morgan fingerprint density at radius 2 is 1.52 bits per heavy atom. The van der Waals surface area contributed by atoms with Crippen molar-refractivity contribution in [2.45, 2.75) is 33.1 Å². The molecule has 0 amide bonds. The fourth-order valence-corrected chi connectivity index (χ4v) is 3.07. The smallest absolute Gasteiger partial charge is 0.318 e. The molecule has 0 saturated heterocycles. The van der Waals surface area contributed by atoms with Gasteiger partial charge in [-0.05, 0) is 43.5 Å². The lowest BCUT2D eigenvalue weighted by atomic mass is 9.91. The molecule has 2 aromatic carbocycles. The van der Waals surface area contributed by atoms with Crippen molar-refractivity contribution >= 4 is 5.97 Å². The summed E-state index contributed by atoms with van der Waals surface area (Å²) in [5, 5.41) is 0. The van der Waals surface area contributed by atoms with Gasteiger partial charge in [0.25, 0.3) is 0 Å². The molecule has 4 heteroatoms. The van der Waals surface area contributed by atoms with Crippen LogP contribution in [0, 0.1) is 0 Å². The van der Waals surface area contributed by atoms with Crippen LogP contribution in [-0.2, 0) is 9.53 Å².